The van der Waals surface area contributed by atoms with Gasteiger partial charge in [0, 0.05) is 0 Å². The molecule has 0 aromatic carbocycles. The van der Waals surface area contributed by atoms with Gasteiger partial charge in [0.25, 0.3) is 0 Å². The molecule has 0 aliphatic rings. The van der Waals surface area contributed by atoms with E-state index < -0.39 is 6.63 Å². The maximum atomic E-state index is 5.83. The van der Waals surface area contributed by atoms with Crippen LogP contribution >= 0.6 is 36.6 Å². The zero-order chi connectivity index (χ0) is 10.9. The van der Waals surface area contributed by atoms with Crippen LogP contribution in [0.25, 0.3) is 0 Å². The Kier molecular flexibility index (Phi) is 4.79. The minimum atomic E-state index is -0.781. The monoisotopic (exact) mass is 268 g/mol. The zero-order valence-corrected chi connectivity index (χ0v) is 12.4. The van der Waals surface area contributed by atoms with Gasteiger partial charge in [-0.3, -0.25) is 0 Å². The predicted molar refractivity (Wildman–Crippen MR) is 71.5 cm³/mol. The standard InChI is InChI=1S/C10H16Cl2P2/c1-7-8(2)10(5-6-14(11)12)13(4)9(7)3/h5-6H2,1-4H3. The Morgan fingerprint density at radius 2 is 1.71 bits per heavy atom. The molecule has 1 unspecified atom stereocenters. The zero-order valence-electron chi connectivity index (χ0n) is 9.06. The molecule has 0 aliphatic carbocycles. The normalized spacial score (nSPS) is 12.6. The van der Waals surface area contributed by atoms with Gasteiger partial charge in [0.2, 0.25) is 0 Å². The highest BCUT2D eigenvalue weighted by molar-refractivity contribution is 8.03. The highest BCUT2D eigenvalue weighted by Crippen LogP contribution is 2.49. The molecule has 0 saturated heterocycles. The van der Waals surface area contributed by atoms with E-state index in [0.29, 0.717) is 0 Å². The van der Waals surface area contributed by atoms with Crippen molar-refractivity contribution in [3.63, 3.8) is 0 Å². The number of hydrogen-bond acceptors (Lipinski definition) is 0. The first-order valence-corrected chi connectivity index (χ1v) is 9.78. The maximum absolute atomic E-state index is 5.83. The lowest BCUT2D eigenvalue weighted by molar-refractivity contribution is 1.16. The molecule has 1 aromatic heterocycles. The number of rotatable bonds is 3. The van der Waals surface area contributed by atoms with Crippen molar-refractivity contribution in [2.75, 3.05) is 6.16 Å². The van der Waals surface area contributed by atoms with E-state index in [4.69, 9.17) is 22.5 Å². The van der Waals surface area contributed by atoms with Crippen LogP contribution in [0, 0.1) is 20.8 Å². The molecule has 1 heterocycles. The predicted octanol–water partition coefficient (Wildman–Crippen LogP) is 5.47. The second kappa shape index (κ2) is 5.22. The van der Waals surface area contributed by atoms with E-state index in [1.165, 1.54) is 11.1 Å². The number of hydrogen-bond donors (Lipinski definition) is 0. The van der Waals surface area contributed by atoms with Crippen LogP contribution in [0.1, 0.15) is 21.7 Å². The lowest BCUT2D eigenvalue weighted by Gasteiger charge is -2.04. The molecule has 1 rings (SSSR count). The SMILES string of the molecule is Cc1c(C)c(CCP(Cl)Cl)p(C)c1C. The third kappa shape index (κ3) is 2.67. The van der Waals surface area contributed by atoms with Gasteiger partial charge < -0.3 is 0 Å². The molecule has 80 valence electrons. The van der Waals surface area contributed by atoms with Crippen molar-refractivity contribution >= 4 is 36.6 Å². The van der Waals surface area contributed by atoms with Crippen molar-refractivity contribution in [1.82, 2.24) is 0 Å². The molecule has 14 heavy (non-hydrogen) atoms. The summed E-state index contributed by atoms with van der Waals surface area (Å²) in [4.78, 5) is 0. The first kappa shape index (κ1) is 12.9. The van der Waals surface area contributed by atoms with Crippen LogP contribution in [0.3, 0.4) is 0 Å². The van der Waals surface area contributed by atoms with Gasteiger partial charge >= 0.3 is 0 Å². The fourth-order valence-electron chi connectivity index (χ4n) is 1.74. The van der Waals surface area contributed by atoms with E-state index in [9.17, 15) is 0 Å². The molecule has 1 aromatic rings. The molecule has 0 N–H and O–H groups in total. The molecular formula is C10H16Cl2P2. The van der Waals surface area contributed by atoms with Gasteiger partial charge in [-0.15, -0.1) is 7.53 Å². The lowest BCUT2D eigenvalue weighted by Crippen LogP contribution is -1.87. The summed E-state index contributed by atoms with van der Waals surface area (Å²) < 4.78 is 0. The van der Waals surface area contributed by atoms with Gasteiger partial charge in [0.05, 0.1) is 6.63 Å². The summed E-state index contributed by atoms with van der Waals surface area (Å²) in [5.74, 6) is 0. The van der Waals surface area contributed by atoms with Gasteiger partial charge in [0.15, 0.2) is 0 Å². The molecule has 0 spiro atoms. The average Bonchev–Trinajstić information content (AvgIpc) is 2.29. The van der Waals surface area contributed by atoms with E-state index in [-0.39, 0.29) is 7.53 Å². The Morgan fingerprint density at radius 1 is 1.14 bits per heavy atom. The summed E-state index contributed by atoms with van der Waals surface area (Å²) in [5.41, 5.74) is 2.98. The topological polar surface area (TPSA) is 0 Å². The van der Waals surface area contributed by atoms with E-state index >= 15 is 0 Å². The molecule has 0 radical (unpaired) electrons. The minimum Gasteiger partial charge on any atom is -0.121 e. The van der Waals surface area contributed by atoms with Gasteiger partial charge in [-0.25, -0.2) is 0 Å². The van der Waals surface area contributed by atoms with Crippen molar-refractivity contribution in [3.05, 3.63) is 21.7 Å². The minimum absolute atomic E-state index is 0.0467. The smallest absolute Gasteiger partial charge is 0.0858 e. The largest absolute Gasteiger partial charge is 0.121 e. The van der Waals surface area contributed by atoms with Crippen molar-refractivity contribution in [2.45, 2.75) is 27.2 Å². The molecule has 0 fully saturated rings. The fourth-order valence-corrected chi connectivity index (χ4v) is 5.01. The van der Waals surface area contributed by atoms with Crippen LogP contribution in [0.2, 0.25) is 0 Å². The van der Waals surface area contributed by atoms with Crippen molar-refractivity contribution < 1.29 is 0 Å². The van der Waals surface area contributed by atoms with Crippen LogP contribution in [0.5, 0.6) is 0 Å². The Morgan fingerprint density at radius 3 is 2.07 bits per heavy atom. The molecule has 0 bridgehead atoms. The molecule has 0 amide bonds. The van der Waals surface area contributed by atoms with Crippen molar-refractivity contribution in [2.24, 2.45) is 6.66 Å². The molecule has 0 nitrogen and oxygen atoms in total. The van der Waals surface area contributed by atoms with Crippen LogP contribution in [0.15, 0.2) is 0 Å². The van der Waals surface area contributed by atoms with Crippen LogP contribution < -0.4 is 0 Å². The fraction of sp³-hybridized carbons (Fsp3) is 0.600. The summed E-state index contributed by atoms with van der Waals surface area (Å²) in [6, 6.07) is 0. The average molecular weight is 269 g/mol. The van der Waals surface area contributed by atoms with E-state index in [0.717, 1.165) is 12.6 Å². The Hall–Kier alpha value is 0.790. The van der Waals surface area contributed by atoms with Gasteiger partial charge in [-0.05, 0) is 61.7 Å². The van der Waals surface area contributed by atoms with E-state index in [1.54, 1.807) is 10.6 Å². The highest BCUT2D eigenvalue weighted by atomic mass is 35.9. The maximum Gasteiger partial charge on any atom is 0.0858 e. The van der Waals surface area contributed by atoms with Crippen molar-refractivity contribution in [1.29, 1.82) is 0 Å². The molecule has 0 saturated carbocycles. The molecule has 0 aliphatic heterocycles. The second-order valence-electron chi connectivity index (χ2n) is 3.62. The van der Waals surface area contributed by atoms with Gasteiger partial charge in [-0.1, -0.05) is 22.5 Å². The summed E-state index contributed by atoms with van der Waals surface area (Å²) in [6.07, 6.45) is 2.03. The summed E-state index contributed by atoms with van der Waals surface area (Å²) in [7, 11) is -0.0467. The van der Waals surface area contributed by atoms with Gasteiger partial charge in [0.1, 0.15) is 0 Å². The first-order chi connectivity index (χ1) is 6.45. The highest BCUT2D eigenvalue weighted by Gasteiger charge is 2.13. The van der Waals surface area contributed by atoms with E-state index in [1.807, 2.05) is 0 Å². The van der Waals surface area contributed by atoms with E-state index in [2.05, 4.69) is 27.4 Å². The molecule has 4 heteroatoms. The third-order valence-electron chi connectivity index (χ3n) is 2.96. The Balaban J connectivity index is 2.91. The van der Waals surface area contributed by atoms with Gasteiger partial charge in [-0.2, -0.15) is 0 Å². The second-order valence-corrected chi connectivity index (χ2v) is 9.97. The molecule has 1 atom stereocenters. The van der Waals surface area contributed by atoms with Crippen LogP contribution in [0.4, 0.5) is 0 Å². The molecular weight excluding hydrogens is 253 g/mol. The van der Waals surface area contributed by atoms with Crippen molar-refractivity contribution in [3.8, 4) is 0 Å². The quantitative estimate of drug-likeness (QED) is 0.638. The Labute approximate surface area is 98.4 Å². The summed E-state index contributed by atoms with van der Waals surface area (Å²) in [5, 5.41) is 3.17. The summed E-state index contributed by atoms with van der Waals surface area (Å²) >= 11 is 11.7. The third-order valence-corrected chi connectivity index (χ3v) is 7.25. The summed E-state index contributed by atoms with van der Waals surface area (Å²) in [6.45, 7) is 8.26. The number of halogens is 2. The Bertz CT molecular complexity index is 304. The first-order valence-electron chi connectivity index (χ1n) is 4.65. The van der Waals surface area contributed by atoms with Crippen LogP contribution in [-0.2, 0) is 13.1 Å². The lowest BCUT2D eigenvalue weighted by atomic mass is 10.1. The van der Waals surface area contributed by atoms with Crippen LogP contribution in [-0.4, -0.2) is 6.16 Å².